The van der Waals surface area contributed by atoms with Crippen LogP contribution < -0.4 is 11.1 Å². The van der Waals surface area contributed by atoms with Gasteiger partial charge >= 0.3 is 0 Å². The Bertz CT molecular complexity index is 125. The first kappa shape index (κ1) is 12.9. The Balaban J connectivity index is 3.76. The summed E-state index contributed by atoms with van der Waals surface area (Å²) in [5, 5.41) is 3.50. The van der Waals surface area contributed by atoms with Crippen LogP contribution >= 0.6 is 0 Å². The van der Waals surface area contributed by atoms with Gasteiger partial charge in [-0.1, -0.05) is 34.6 Å². The van der Waals surface area contributed by atoms with Crippen molar-refractivity contribution in [1.29, 1.82) is 0 Å². The lowest BCUT2D eigenvalue weighted by Gasteiger charge is -2.26. The zero-order valence-corrected chi connectivity index (χ0v) is 9.85. The van der Waals surface area contributed by atoms with Crippen LogP contribution in [0.25, 0.3) is 0 Å². The van der Waals surface area contributed by atoms with E-state index in [0.29, 0.717) is 17.4 Å². The van der Waals surface area contributed by atoms with E-state index in [-0.39, 0.29) is 0 Å². The Morgan fingerprint density at radius 3 is 2.08 bits per heavy atom. The van der Waals surface area contributed by atoms with E-state index in [9.17, 15) is 0 Å². The molecule has 80 valence electrons. The molecule has 0 aromatic heterocycles. The summed E-state index contributed by atoms with van der Waals surface area (Å²) in [7, 11) is 0. The number of nitrogens with one attached hydrogen (secondary N) is 1. The van der Waals surface area contributed by atoms with Gasteiger partial charge < -0.3 is 11.1 Å². The van der Waals surface area contributed by atoms with E-state index in [1.54, 1.807) is 0 Å². The summed E-state index contributed by atoms with van der Waals surface area (Å²) >= 11 is 0. The summed E-state index contributed by atoms with van der Waals surface area (Å²) in [6.45, 7) is 13.0. The molecule has 3 N–H and O–H groups in total. The number of nitrogens with two attached hydrogens (primary N) is 1. The van der Waals surface area contributed by atoms with Gasteiger partial charge in [-0.15, -0.1) is 0 Å². The molecule has 0 rings (SSSR count). The molecule has 0 saturated carbocycles. The van der Waals surface area contributed by atoms with Gasteiger partial charge in [-0.05, 0) is 24.3 Å². The molecular formula is C11H26N2. The van der Waals surface area contributed by atoms with Gasteiger partial charge in [0.25, 0.3) is 0 Å². The minimum Gasteiger partial charge on any atom is -0.329 e. The van der Waals surface area contributed by atoms with Crippen LogP contribution in [0.2, 0.25) is 0 Å². The molecule has 0 aromatic carbocycles. The molecule has 0 saturated heterocycles. The topological polar surface area (TPSA) is 38.0 Å². The van der Waals surface area contributed by atoms with E-state index in [1.807, 2.05) is 0 Å². The van der Waals surface area contributed by atoms with Gasteiger partial charge in [0.2, 0.25) is 0 Å². The van der Waals surface area contributed by atoms with Crippen molar-refractivity contribution in [3.05, 3.63) is 0 Å². The van der Waals surface area contributed by atoms with Crippen LogP contribution in [0.5, 0.6) is 0 Å². The lowest BCUT2D eigenvalue weighted by Crippen LogP contribution is -2.40. The second kappa shape index (κ2) is 5.61. The van der Waals surface area contributed by atoms with E-state index in [1.165, 1.54) is 0 Å². The molecule has 0 bridgehead atoms. The zero-order valence-electron chi connectivity index (χ0n) is 9.85. The molecule has 1 atom stereocenters. The van der Waals surface area contributed by atoms with E-state index in [0.717, 1.165) is 19.5 Å². The normalized spacial score (nSPS) is 15.0. The average molecular weight is 186 g/mol. The molecule has 0 heterocycles. The van der Waals surface area contributed by atoms with Gasteiger partial charge in [-0.25, -0.2) is 0 Å². The van der Waals surface area contributed by atoms with Crippen molar-refractivity contribution in [1.82, 2.24) is 5.32 Å². The molecule has 0 fully saturated rings. The van der Waals surface area contributed by atoms with Crippen molar-refractivity contribution in [2.24, 2.45) is 17.1 Å². The Morgan fingerprint density at radius 1 is 1.23 bits per heavy atom. The minimum absolute atomic E-state index is 0.369. The molecule has 13 heavy (non-hydrogen) atoms. The van der Waals surface area contributed by atoms with Crippen LogP contribution in [0.3, 0.4) is 0 Å². The second-order valence-electron chi connectivity index (χ2n) is 5.50. The highest BCUT2D eigenvalue weighted by atomic mass is 14.9. The quantitative estimate of drug-likeness (QED) is 0.689. The van der Waals surface area contributed by atoms with E-state index >= 15 is 0 Å². The van der Waals surface area contributed by atoms with Crippen molar-refractivity contribution >= 4 is 0 Å². The highest BCUT2D eigenvalue weighted by molar-refractivity contribution is 4.75. The molecule has 2 heteroatoms. The summed E-state index contributed by atoms with van der Waals surface area (Å²) in [5.41, 5.74) is 6.07. The average Bonchev–Trinajstić information content (AvgIpc) is 1.95. The molecule has 0 aliphatic rings. The highest BCUT2D eigenvalue weighted by Crippen LogP contribution is 2.20. The van der Waals surface area contributed by atoms with Crippen LogP contribution in [-0.2, 0) is 0 Å². The van der Waals surface area contributed by atoms with Crippen LogP contribution in [0.4, 0.5) is 0 Å². The maximum atomic E-state index is 5.70. The fourth-order valence-corrected chi connectivity index (χ4v) is 1.38. The zero-order chi connectivity index (χ0) is 10.5. The molecule has 0 spiro atoms. The van der Waals surface area contributed by atoms with Crippen LogP contribution in [0.15, 0.2) is 0 Å². The largest absolute Gasteiger partial charge is 0.329 e. The van der Waals surface area contributed by atoms with Crippen molar-refractivity contribution in [2.75, 3.05) is 13.1 Å². The smallest absolute Gasteiger partial charge is 0.0195 e. The molecule has 0 aliphatic carbocycles. The molecule has 0 amide bonds. The predicted octanol–water partition coefficient (Wildman–Crippen LogP) is 2.00. The maximum absolute atomic E-state index is 5.70. The number of rotatable bonds is 5. The summed E-state index contributed by atoms with van der Waals surface area (Å²) in [6.07, 6.45) is 1.15. The summed E-state index contributed by atoms with van der Waals surface area (Å²) in [5.74, 6) is 0.703. The summed E-state index contributed by atoms with van der Waals surface area (Å²) in [6, 6.07) is 0.474. The highest BCUT2D eigenvalue weighted by Gasteiger charge is 2.17. The molecule has 0 aliphatic heterocycles. The van der Waals surface area contributed by atoms with Crippen LogP contribution in [0, 0.1) is 11.3 Å². The predicted molar refractivity (Wildman–Crippen MR) is 59.8 cm³/mol. The SMILES string of the molecule is CC(C)CNC(CN)CC(C)(C)C. The van der Waals surface area contributed by atoms with Gasteiger partial charge in [0.05, 0.1) is 0 Å². The Kier molecular flexibility index (Phi) is 5.57. The monoisotopic (exact) mass is 186 g/mol. The van der Waals surface area contributed by atoms with Gasteiger partial charge in [-0.2, -0.15) is 0 Å². The molecular weight excluding hydrogens is 160 g/mol. The molecule has 0 radical (unpaired) electrons. The third-order valence-corrected chi connectivity index (χ3v) is 1.96. The van der Waals surface area contributed by atoms with E-state index in [4.69, 9.17) is 5.73 Å². The van der Waals surface area contributed by atoms with Crippen molar-refractivity contribution in [3.63, 3.8) is 0 Å². The van der Waals surface area contributed by atoms with Crippen molar-refractivity contribution in [3.8, 4) is 0 Å². The Labute approximate surface area is 83.3 Å². The Hall–Kier alpha value is -0.0800. The first-order chi connectivity index (χ1) is 5.85. The lowest BCUT2D eigenvalue weighted by molar-refractivity contribution is 0.304. The van der Waals surface area contributed by atoms with Gasteiger partial charge in [0, 0.05) is 12.6 Å². The van der Waals surface area contributed by atoms with Crippen LogP contribution in [-0.4, -0.2) is 19.1 Å². The number of hydrogen-bond donors (Lipinski definition) is 2. The summed E-state index contributed by atoms with van der Waals surface area (Å²) in [4.78, 5) is 0. The summed E-state index contributed by atoms with van der Waals surface area (Å²) < 4.78 is 0. The van der Waals surface area contributed by atoms with Crippen molar-refractivity contribution in [2.45, 2.75) is 47.1 Å². The van der Waals surface area contributed by atoms with E-state index in [2.05, 4.69) is 39.9 Å². The minimum atomic E-state index is 0.369. The third-order valence-electron chi connectivity index (χ3n) is 1.96. The fourth-order valence-electron chi connectivity index (χ4n) is 1.38. The third kappa shape index (κ3) is 8.26. The first-order valence-corrected chi connectivity index (χ1v) is 5.28. The first-order valence-electron chi connectivity index (χ1n) is 5.28. The van der Waals surface area contributed by atoms with Crippen molar-refractivity contribution < 1.29 is 0 Å². The molecule has 1 unspecified atom stereocenters. The number of hydrogen-bond acceptors (Lipinski definition) is 2. The van der Waals surface area contributed by atoms with Gasteiger partial charge in [0.1, 0.15) is 0 Å². The second-order valence-corrected chi connectivity index (χ2v) is 5.50. The lowest BCUT2D eigenvalue weighted by atomic mass is 9.88. The van der Waals surface area contributed by atoms with Crippen LogP contribution in [0.1, 0.15) is 41.0 Å². The standard InChI is InChI=1S/C11H26N2/c1-9(2)8-13-10(7-12)6-11(3,4)5/h9-10,13H,6-8,12H2,1-5H3. The van der Waals surface area contributed by atoms with Gasteiger partial charge in [0.15, 0.2) is 0 Å². The molecule has 2 nitrogen and oxygen atoms in total. The Morgan fingerprint density at radius 2 is 1.77 bits per heavy atom. The maximum Gasteiger partial charge on any atom is 0.0195 e. The fraction of sp³-hybridized carbons (Fsp3) is 1.00. The molecule has 0 aromatic rings. The van der Waals surface area contributed by atoms with E-state index < -0.39 is 0 Å². The van der Waals surface area contributed by atoms with Gasteiger partial charge in [-0.3, -0.25) is 0 Å².